The molecular weight excluding hydrogens is 442 g/mol. The van der Waals surface area contributed by atoms with Gasteiger partial charge in [0.25, 0.3) is 5.96 Å². The second kappa shape index (κ2) is 14.0. The van der Waals surface area contributed by atoms with Gasteiger partial charge in [0.15, 0.2) is 5.03 Å². The van der Waals surface area contributed by atoms with Crippen molar-refractivity contribution < 1.29 is 19.4 Å². The highest BCUT2D eigenvalue weighted by molar-refractivity contribution is 5.95. The van der Waals surface area contributed by atoms with Crippen molar-refractivity contribution in [1.29, 1.82) is 0 Å². The predicted octanol–water partition coefficient (Wildman–Crippen LogP) is 0.559. The van der Waals surface area contributed by atoms with E-state index in [-0.39, 0.29) is 42.3 Å². The molecular formula is C19H30ClN7O5. The summed E-state index contributed by atoms with van der Waals surface area (Å²) in [6.45, 7) is 0.885. The molecule has 0 saturated carbocycles. The molecule has 2 atom stereocenters. The molecule has 32 heavy (non-hydrogen) atoms. The van der Waals surface area contributed by atoms with E-state index < -0.39 is 5.03 Å². The van der Waals surface area contributed by atoms with Gasteiger partial charge in [-0.15, -0.1) is 12.4 Å². The van der Waals surface area contributed by atoms with Gasteiger partial charge in [0.05, 0.1) is 13.2 Å². The maximum absolute atomic E-state index is 12.4. The number of unbranched alkanes of at least 4 members (excludes halogenated alkanes) is 2. The minimum atomic E-state index is -0.770. The number of nitrogens with zero attached hydrogens (tertiary/aromatic N) is 2. The number of anilines is 1. The molecule has 1 aliphatic rings. The zero-order valence-corrected chi connectivity index (χ0v) is 18.7. The molecule has 1 saturated heterocycles. The molecule has 0 radical (unpaired) electrons. The van der Waals surface area contributed by atoms with Crippen LogP contribution in [0.5, 0.6) is 5.75 Å². The van der Waals surface area contributed by atoms with Crippen LogP contribution >= 0.6 is 12.4 Å². The molecule has 0 aromatic heterocycles. The number of halogens is 1. The summed E-state index contributed by atoms with van der Waals surface area (Å²) in [7, 11) is 1.58. The summed E-state index contributed by atoms with van der Waals surface area (Å²) >= 11 is 0. The minimum Gasteiger partial charge on any atom is -0.497 e. The third-order valence-corrected chi connectivity index (χ3v) is 4.72. The molecule has 1 heterocycles. The number of nitrogens with two attached hydrogens (primary N) is 1. The van der Waals surface area contributed by atoms with Crippen molar-refractivity contribution >= 4 is 35.9 Å². The third kappa shape index (κ3) is 9.79. The second-order valence-electron chi connectivity index (χ2n) is 7.13. The van der Waals surface area contributed by atoms with Crippen LogP contribution in [0.4, 0.5) is 5.69 Å². The molecule has 0 spiro atoms. The van der Waals surface area contributed by atoms with Crippen molar-refractivity contribution in [2.45, 2.75) is 44.2 Å². The Bertz CT molecular complexity index is 791. The zero-order valence-electron chi connectivity index (χ0n) is 17.8. The summed E-state index contributed by atoms with van der Waals surface area (Å²) < 4.78 is 5.09. The Morgan fingerprint density at radius 1 is 1.28 bits per heavy atom. The lowest BCUT2D eigenvalue weighted by molar-refractivity contribution is -0.525. The van der Waals surface area contributed by atoms with Crippen molar-refractivity contribution in [3.63, 3.8) is 0 Å². The van der Waals surface area contributed by atoms with E-state index in [0.717, 1.165) is 6.42 Å². The SMILES string of the molecule is COc1ccc(NC(=O)[C@@H]2C[C@H](NC(=O)CCCCCN=C(N)N[N+](=O)[O-])CN2)cc1.Cl. The third-order valence-electron chi connectivity index (χ3n) is 4.72. The van der Waals surface area contributed by atoms with Gasteiger partial charge < -0.3 is 26.4 Å². The van der Waals surface area contributed by atoms with Crippen LogP contribution in [0.25, 0.3) is 0 Å². The number of hydrazine groups is 1. The maximum Gasteiger partial charge on any atom is 0.251 e. The van der Waals surface area contributed by atoms with Crippen molar-refractivity contribution in [3.8, 4) is 5.75 Å². The number of methoxy groups -OCH3 is 1. The average Bonchev–Trinajstić information content (AvgIpc) is 3.19. The standard InChI is InChI=1S/C19H29N7O5.ClH/c1-31-15-8-6-13(7-9-15)24-18(28)16-11-14(12-22-16)23-17(27)5-3-2-4-10-21-19(20)25-26(29)30;/h6-9,14,16,22H,2-5,10-12H2,1H3,(H,23,27)(H,24,28)(H3,20,21,25);1H/t14-,16-;/m0./s1. The molecule has 13 heteroatoms. The van der Waals surface area contributed by atoms with E-state index in [1.807, 2.05) is 0 Å². The first-order chi connectivity index (χ1) is 14.9. The smallest absolute Gasteiger partial charge is 0.251 e. The topological polar surface area (TPSA) is 173 Å². The lowest BCUT2D eigenvalue weighted by Gasteiger charge is -2.13. The molecule has 2 rings (SSSR count). The molecule has 1 aliphatic heterocycles. The summed E-state index contributed by atoms with van der Waals surface area (Å²) in [5.74, 6) is 0.264. The van der Waals surface area contributed by atoms with Gasteiger partial charge >= 0.3 is 0 Å². The first-order valence-electron chi connectivity index (χ1n) is 10.1. The Kier molecular flexibility index (Phi) is 11.8. The van der Waals surface area contributed by atoms with Crippen LogP contribution in [-0.2, 0) is 9.59 Å². The van der Waals surface area contributed by atoms with Crippen LogP contribution < -0.4 is 31.8 Å². The first-order valence-corrected chi connectivity index (χ1v) is 10.1. The fraction of sp³-hybridized carbons (Fsp3) is 0.526. The number of nitro groups is 1. The Hall–Kier alpha value is -3.12. The van der Waals surface area contributed by atoms with E-state index in [4.69, 9.17) is 10.5 Å². The number of guanidine groups is 1. The number of hydrogen-bond donors (Lipinski definition) is 5. The number of carbonyl (C=O) groups is 2. The van der Waals surface area contributed by atoms with Crippen LogP contribution in [0, 0.1) is 10.1 Å². The summed E-state index contributed by atoms with van der Waals surface area (Å²) in [5, 5.41) is 18.3. The Balaban J connectivity index is 0.00000512. The van der Waals surface area contributed by atoms with Crippen molar-refractivity contribution in [1.82, 2.24) is 16.1 Å². The molecule has 0 bridgehead atoms. The number of hydrogen-bond acceptors (Lipinski definition) is 7. The van der Waals surface area contributed by atoms with Crippen LogP contribution in [-0.4, -0.2) is 55.1 Å². The molecule has 12 nitrogen and oxygen atoms in total. The Labute approximate surface area is 192 Å². The predicted molar refractivity (Wildman–Crippen MR) is 122 cm³/mol. The quantitative estimate of drug-likeness (QED) is 0.102. The number of benzene rings is 1. The fourth-order valence-corrected chi connectivity index (χ4v) is 3.15. The van der Waals surface area contributed by atoms with Gasteiger partial charge in [-0.1, -0.05) is 11.8 Å². The van der Waals surface area contributed by atoms with Crippen LogP contribution in [0.3, 0.4) is 0 Å². The fourth-order valence-electron chi connectivity index (χ4n) is 3.15. The Morgan fingerprint density at radius 3 is 2.66 bits per heavy atom. The summed E-state index contributed by atoms with van der Waals surface area (Å²) in [4.78, 5) is 38.5. The molecule has 2 amide bonds. The van der Waals surface area contributed by atoms with Crippen molar-refractivity contribution in [2.75, 3.05) is 25.5 Å². The number of ether oxygens (including phenoxy) is 1. The number of aliphatic imine (C=N–C) groups is 1. The van der Waals surface area contributed by atoms with E-state index in [2.05, 4.69) is 20.9 Å². The first kappa shape index (κ1) is 26.9. The van der Waals surface area contributed by atoms with Crippen LogP contribution in [0.15, 0.2) is 29.3 Å². The normalized spacial score (nSPS) is 17.7. The van der Waals surface area contributed by atoms with Crippen LogP contribution in [0.1, 0.15) is 32.1 Å². The summed E-state index contributed by atoms with van der Waals surface area (Å²) in [5.41, 5.74) is 7.76. The lowest BCUT2D eigenvalue weighted by Crippen LogP contribution is -2.36. The second-order valence-corrected chi connectivity index (χ2v) is 7.13. The highest BCUT2D eigenvalue weighted by atomic mass is 35.5. The van der Waals surface area contributed by atoms with E-state index in [9.17, 15) is 19.7 Å². The number of carbonyl (C=O) groups excluding carboxylic acids is 2. The molecule has 1 fully saturated rings. The molecule has 1 aromatic carbocycles. The van der Waals surface area contributed by atoms with Gasteiger partial charge in [-0.3, -0.25) is 9.59 Å². The van der Waals surface area contributed by atoms with Gasteiger partial charge in [0.1, 0.15) is 5.75 Å². The molecule has 6 N–H and O–H groups in total. The minimum absolute atomic E-state index is 0. The van der Waals surface area contributed by atoms with Gasteiger partial charge in [0.2, 0.25) is 11.8 Å². The summed E-state index contributed by atoms with van der Waals surface area (Å²) in [6.07, 6.45) is 2.98. The van der Waals surface area contributed by atoms with E-state index in [1.54, 1.807) is 36.8 Å². The van der Waals surface area contributed by atoms with E-state index in [1.165, 1.54) is 0 Å². The average molecular weight is 472 g/mol. The molecule has 1 aromatic rings. The highest BCUT2D eigenvalue weighted by Gasteiger charge is 2.30. The van der Waals surface area contributed by atoms with E-state index in [0.29, 0.717) is 50.2 Å². The van der Waals surface area contributed by atoms with Crippen LogP contribution in [0.2, 0.25) is 0 Å². The summed E-state index contributed by atoms with van der Waals surface area (Å²) in [6, 6.07) is 6.60. The Morgan fingerprint density at radius 2 is 2.00 bits per heavy atom. The molecule has 178 valence electrons. The maximum atomic E-state index is 12.4. The van der Waals surface area contributed by atoms with Gasteiger partial charge in [0, 0.05) is 31.2 Å². The van der Waals surface area contributed by atoms with Crippen molar-refractivity contribution in [2.24, 2.45) is 10.7 Å². The van der Waals surface area contributed by atoms with Gasteiger partial charge in [-0.25, -0.2) is 15.1 Å². The van der Waals surface area contributed by atoms with Gasteiger partial charge in [-0.2, -0.15) is 0 Å². The number of rotatable bonds is 11. The lowest BCUT2D eigenvalue weighted by atomic mass is 10.1. The molecule has 0 unspecified atom stereocenters. The largest absolute Gasteiger partial charge is 0.497 e. The molecule has 0 aliphatic carbocycles. The van der Waals surface area contributed by atoms with Crippen molar-refractivity contribution in [3.05, 3.63) is 34.4 Å². The zero-order chi connectivity index (χ0) is 22.6. The monoisotopic (exact) mass is 471 g/mol. The number of amides is 2. The van der Waals surface area contributed by atoms with E-state index >= 15 is 0 Å². The van der Waals surface area contributed by atoms with Gasteiger partial charge in [-0.05, 0) is 43.5 Å². The number of nitrogens with one attached hydrogen (secondary N) is 4. The highest BCUT2D eigenvalue weighted by Crippen LogP contribution is 2.16.